The molecule has 6 atom stereocenters. The van der Waals surface area contributed by atoms with E-state index in [-0.39, 0.29) is 39.8 Å². The summed E-state index contributed by atoms with van der Waals surface area (Å²) in [6, 6.07) is 4.85. The van der Waals surface area contributed by atoms with Crippen LogP contribution in [0.2, 0.25) is 0 Å². The Morgan fingerprint density at radius 1 is 1.24 bits per heavy atom. The van der Waals surface area contributed by atoms with Crippen LogP contribution in [-0.2, 0) is 28.6 Å². The SMILES string of the molecule is Cc1nnc(C(=S)C2=C(C(=O)OCC3OC(=O)OC3C)N3C(=O)C(NC(=O)C(O)c4ccccc4C(=O)[C@@H]4CCCN4)[C@@H]3SC2)s1. The van der Waals surface area contributed by atoms with Gasteiger partial charge in [0, 0.05) is 22.5 Å². The van der Waals surface area contributed by atoms with Crippen LogP contribution in [0.5, 0.6) is 0 Å². The van der Waals surface area contributed by atoms with Crippen molar-refractivity contribution in [2.75, 3.05) is 18.9 Å². The quantitative estimate of drug-likeness (QED) is 0.141. The molecule has 1 aromatic carbocycles. The molecule has 4 aliphatic heterocycles. The number of aliphatic hydroxyl groups excluding tert-OH is 1. The molecule has 3 fully saturated rings. The smallest absolute Gasteiger partial charge is 0.457 e. The first-order valence-corrected chi connectivity index (χ1v) is 16.7. The number of esters is 1. The number of amides is 2. The molecule has 242 valence electrons. The lowest BCUT2D eigenvalue weighted by atomic mass is 9.94. The Bertz CT molecular complexity index is 1660. The van der Waals surface area contributed by atoms with E-state index in [1.807, 2.05) is 0 Å². The minimum Gasteiger partial charge on any atom is -0.457 e. The molecular formula is C29H29N5O9S3. The summed E-state index contributed by atoms with van der Waals surface area (Å²) in [6.07, 6.45) is -2.59. The molecule has 0 bridgehead atoms. The highest BCUT2D eigenvalue weighted by atomic mass is 32.2. The van der Waals surface area contributed by atoms with Gasteiger partial charge in [0.15, 0.2) is 23.0 Å². The van der Waals surface area contributed by atoms with Crippen molar-refractivity contribution in [2.45, 2.75) is 62.5 Å². The van der Waals surface area contributed by atoms with Gasteiger partial charge in [-0.05, 0) is 33.2 Å². The summed E-state index contributed by atoms with van der Waals surface area (Å²) < 4.78 is 15.5. The normalized spacial score (nSPS) is 26.1. The number of hydrogen-bond donors (Lipinski definition) is 3. The van der Waals surface area contributed by atoms with Gasteiger partial charge in [-0.15, -0.1) is 22.0 Å². The van der Waals surface area contributed by atoms with Gasteiger partial charge in [-0.2, -0.15) is 0 Å². The van der Waals surface area contributed by atoms with E-state index in [1.54, 1.807) is 32.0 Å². The molecule has 0 aliphatic carbocycles. The number of aliphatic hydroxyl groups is 1. The highest BCUT2D eigenvalue weighted by Crippen LogP contribution is 2.42. The number of aromatic nitrogens is 2. The molecule has 5 heterocycles. The van der Waals surface area contributed by atoms with Crippen LogP contribution in [0.15, 0.2) is 35.5 Å². The van der Waals surface area contributed by atoms with Gasteiger partial charge >= 0.3 is 12.1 Å². The number of thioether (sulfide) groups is 1. The summed E-state index contributed by atoms with van der Waals surface area (Å²) in [5.41, 5.74) is 0.573. The van der Waals surface area contributed by atoms with E-state index in [2.05, 4.69) is 20.8 Å². The third-order valence-electron chi connectivity index (χ3n) is 8.03. The largest absolute Gasteiger partial charge is 0.509 e. The molecule has 6 rings (SSSR count). The number of carbonyl (C=O) groups is 5. The highest BCUT2D eigenvalue weighted by Gasteiger charge is 2.55. The van der Waals surface area contributed by atoms with Gasteiger partial charge < -0.3 is 30.0 Å². The zero-order valence-electron chi connectivity index (χ0n) is 24.6. The standard InChI is InChI=1S/C29H29N5O9S3/c1-12-18(43-29(40)42-12)10-41-28(39)20-16(23(44)25-33-32-13(2)46-25)11-45-27-19(26(38)34(20)27)31-24(37)22(36)15-7-4-3-6-14(15)21(35)17-8-5-9-30-17/h3-4,6-7,12,17-19,22,27,30,36H,5,8-11H2,1-2H3,(H,31,37)/t12?,17-,18?,19?,22?,27-/m0/s1. The Hall–Kier alpha value is -3.77. The Kier molecular flexibility index (Phi) is 9.20. The van der Waals surface area contributed by atoms with Crippen molar-refractivity contribution in [2.24, 2.45) is 0 Å². The van der Waals surface area contributed by atoms with Crippen LogP contribution in [0.25, 0.3) is 0 Å². The second-order valence-electron chi connectivity index (χ2n) is 11.0. The number of cyclic esters (lactones) is 2. The fraction of sp³-hybridized carbons (Fsp3) is 0.448. The van der Waals surface area contributed by atoms with Crippen molar-refractivity contribution in [1.29, 1.82) is 0 Å². The average Bonchev–Trinajstić information content (AvgIpc) is 3.82. The maximum atomic E-state index is 13.6. The van der Waals surface area contributed by atoms with Crippen LogP contribution in [0.1, 0.15) is 51.8 Å². The number of aryl methyl sites for hydroxylation is 1. The molecule has 17 heteroatoms. The summed E-state index contributed by atoms with van der Waals surface area (Å²) >= 11 is 8.15. The number of thiocarbonyl (C=S) groups is 1. The summed E-state index contributed by atoms with van der Waals surface area (Å²) in [7, 11) is 0. The number of benzene rings is 1. The van der Waals surface area contributed by atoms with E-state index in [1.165, 1.54) is 34.1 Å². The van der Waals surface area contributed by atoms with Crippen LogP contribution < -0.4 is 10.6 Å². The van der Waals surface area contributed by atoms with E-state index in [0.29, 0.717) is 28.6 Å². The molecule has 2 amide bonds. The Morgan fingerprint density at radius 2 is 2.02 bits per heavy atom. The Labute approximate surface area is 276 Å². The minimum atomic E-state index is -1.72. The number of ether oxygens (including phenoxy) is 3. The second-order valence-corrected chi connectivity index (χ2v) is 13.7. The van der Waals surface area contributed by atoms with Crippen LogP contribution in [0, 0.1) is 6.92 Å². The molecule has 2 aromatic rings. The topological polar surface area (TPSA) is 186 Å². The van der Waals surface area contributed by atoms with E-state index >= 15 is 0 Å². The molecule has 14 nitrogen and oxygen atoms in total. The number of β-lactam (4-membered cyclic amide) rings is 1. The number of fused-ring (bicyclic) bond motifs is 1. The van der Waals surface area contributed by atoms with Crippen LogP contribution in [0.3, 0.4) is 0 Å². The highest BCUT2D eigenvalue weighted by molar-refractivity contribution is 8.00. The van der Waals surface area contributed by atoms with Crippen LogP contribution in [-0.4, -0.2) is 103 Å². The van der Waals surface area contributed by atoms with Gasteiger partial charge in [-0.25, -0.2) is 9.59 Å². The van der Waals surface area contributed by atoms with Crippen molar-refractivity contribution in [3.8, 4) is 0 Å². The summed E-state index contributed by atoms with van der Waals surface area (Å²) in [5, 5.41) is 25.2. The zero-order valence-corrected chi connectivity index (χ0v) is 27.0. The lowest BCUT2D eigenvalue weighted by Crippen LogP contribution is -2.71. The lowest BCUT2D eigenvalue weighted by molar-refractivity contribution is -0.154. The van der Waals surface area contributed by atoms with Crippen molar-refractivity contribution in [3.05, 3.63) is 56.7 Å². The maximum Gasteiger partial charge on any atom is 0.509 e. The molecule has 0 saturated carbocycles. The fourth-order valence-corrected chi connectivity index (χ4v) is 8.04. The van der Waals surface area contributed by atoms with Crippen LogP contribution >= 0.6 is 35.3 Å². The molecule has 46 heavy (non-hydrogen) atoms. The molecule has 4 unspecified atom stereocenters. The lowest BCUT2D eigenvalue weighted by Gasteiger charge is -2.49. The first kappa shape index (κ1) is 32.2. The van der Waals surface area contributed by atoms with Crippen LogP contribution in [0.4, 0.5) is 4.79 Å². The summed E-state index contributed by atoms with van der Waals surface area (Å²) in [6.45, 7) is 3.73. The summed E-state index contributed by atoms with van der Waals surface area (Å²) in [5.74, 6) is -2.42. The van der Waals surface area contributed by atoms with Crippen molar-refractivity contribution in [1.82, 2.24) is 25.7 Å². The first-order valence-electron chi connectivity index (χ1n) is 14.5. The van der Waals surface area contributed by atoms with Gasteiger partial charge in [-0.1, -0.05) is 47.8 Å². The van der Waals surface area contributed by atoms with E-state index in [9.17, 15) is 29.1 Å². The number of hydrogen-bond acceptors (Lipinski definition) is 15. The maximum absolute atomic E-state index is 13.6. The predicted octanol–water partition coefficient (Wildman–Crippen LogP) is 1.35. The predicted molar refractivity (Wildman–Crippen MR) is 167 cm³/mol. The van der Waals surface area contributed by atoms with Gasteiger partial charge in [0.05, 0.1) is 10.9 Å². The van der Waals surface area contributed by atoms with Crippen molar-refractivity contribution < 1.29 is 43.3 Å². The number of carbonyl (C=O) groups excluding carboxylic acids is 5. The third kappa shape index (κ3) is 6.04. The van der Waals surface area contributed by atoms with Crippen molar-refractivity contribution >= 4 is 69.9 Å². The van der Waals surface area contributed by atoms with E-state index in [0.717, 1.165) is 6.42 Å². The van der Waals surface area contributed by atoms with Gasteiger partial charge in [0.2, 0.25) is 0 Å². The molecule has 0 spiro atoms. The first-order chi connectivity index (χ1) is 22.0. The molecule has 0 radical (unpaired) electrons. The average molecular weight is 688 g/mol. The number of Topliss-reactive ketones (excluding diaryl/α,β-unsaturated/α-hetero) is 1. The molecular weight excluding hydrogens is 659 g/mol. The Morgan fingerprint density at radius 3 is 2.70 bits per heavy atom. The third-order valence-corrected chi connectivity index (χ3v) is 10.7. The van der Waals surface area contributed by atoms with Gasteiger partial charge in [0.25, 0.3) is 11.8 Å². The zero-order chi connectivity index (χ0) is 32.7. The molecule has 3 saturated heterocycles. The second kappa shape index (κ2) is 13.2. The van der Waals surface area contributed by atoms with E-state index < -0.39 is 59.7 Å². The molecule has 4 aliphatic rings. The Balaban J connectivity index is 1.21. The number of nitrogens with one attached hydrogen (secondary N) is 2. The number of rotatable bonds is 10. The van der Waals surface area contributed by atoms with E-state index in [4.69, 9.17) is 26.4 Å². The minimum absolute atomic E-state index is 0.115. The number of ketones is 1. The van der Waals surface area contributed by atoms with Crippen molar-refractivity contribution in [3.63, 3.8) is 0 Å². The fourth-order valence-electron chi connectivity index (χ4n) is 5.60. The van der Waals surface area contributed by atoms with Gasteiger partial charge in [-0.3, -0.25) is 19.3 Å². The van der Waals surface area contributed by atoms with Gasteiger partial charge in [0.1, 0.15) is 34.8 Å². The molecule has 1 aromatic heterocycles. The molecule has 3 N–H and O–H groups in total. The number of nitrogens with zero attached hydrogens (tertiary/aromatic N) is 3. The monoisotopic (exact) mass is 687 g/mol. The summed E-state index contributed by atoms with van der Waals surface area (Å²) in [4.78, 5) is 66.4.